The van der Waals surface area contributed by atoms with Gasteiger partial charge in [-0.25, -0.2) is 4.79 Å². The molecule has 0 saturated carbocycles. The highest BCUT2D eigenvalue weighted by atomic mass is 16.4. The van der Waals surface area contributed by atoms with E-state index in [-0.39, 0.29) is 18.7 Å². The van der Waals surface area contributed by atoms with Crippen molar-refractivity contribution in [1.29, 1.82) is 0 Å². The standard InChI is InChI=1S/C29H39N5O5/c30-16-8-7-14-23(29(38)39)32-26(35)24(19-21-12-5-2-6-13-21)33-27(36)25-15-9-17-34(25)28(37)22(31)18-20-10-3-1-4-11-20/h1-6,10-13,22-25H,7-9,14-19,30-31H2,(H,32,35)(H,33,36)(H,38,39). The zero-order valence-electron chi connectivity index (χ0n) is 22.1. The van der Waals surface area contributed by atoms with Crippen molar-refractivity contribution in [3.8, 4) is 0 Å². The van der Waals surface area contributed by atoms with Crippen molar-refractivity contribution in [2.75, 3.05) is 13.1 Å². The minimum Gasteiger partial charge on any atom is -0.480 e. The van der Waals surface area contributed by atoms with Crippen molar-refractivity contribution >= 4 is 23.7 Å². The summed E-state index contributed by atoms with van der Waals surface area (Å²) in [6.07, 6.45) is 3.03. The van der Waals surface area contributed by atoms with Crippen LogP contribution in [-0.4, -0.2) is 71.0 Å². The van der Waals surface area contributed by atoms with Crippen molar-refractivity contribution in [1.82, 2.24) is 15.5 Å². The Bertz CT molecular complexity index is 1100. The monoisotopic (exact) mass is 537 g/mol. The average Bonchev–Trinajstić information content (AvgIpc) is 3.43. The Labute approximate surface area is 229 Å². The molecule has 7 N–H and O–H groups in total. The zero-order chi connectivity index (χ0) is 28.2. The van der Waals surface area contributed by atoms with Gasteiger partial charge in [0.25, 0.3) is 0 Å². The molecule has 1 aliphatic heterocycles. The first-order chi connectivity index (χ1) is 18.8. The third-order valence-corrected chi connectivity index (χ3v) is 6.93. The number of hydrogen-bond acceptors (Lipinski definition) is 6. The number of hydrogen-bond donors (Lipinski definition) is 5. The molecule has 0 aliphatic carbocycles. The number of nitrogens with two attached hydrogens (primary N) is 2. The molecule has 2 aromatic rings. The minimum absolute atomic E-state index is 0.168. The number of unbranched alkanes of at least 4 members (excludes halogenated alkanes) is 1. The van der Waals surface area contributed by atoms with E-state index in [1.54, 1.807) is 0 Å². The van der Waals surface area contributed by atoms with Gasteiger partial charge in [-0.05, 0) is 56.2 Å². The molecule has 4 unspecified atom stereocenters. The number of rotatable bonds is 14. The Morgan fingerprint density at radius 3 is 2.10 bits per heavy atom. The molecule has 210 valence electrons. The Kier molecular flexibility index (Phi) is 11.4. The van der Waals surface area contributed by atoms with E-state index >= 15 is 0 Å². The first-order valence-electron chi connectivity index (χ1n) is 13.5. The maximum Gasteiger partial charge on any atom is 0.326 e. The van der Waals surface area contributed by atoms with Gasteiger partial charge in [0.2, 0.25) is 17.7 Å². The summed E-state index contributed by atoms with van der Waals surface area (Å²) >= 11 is 0. The van der Waals surface area contributed by atoms with E-state index in [1.807, 2.05) is 60.7 Å². The van der Waals surface area contributed by atoms with Crippen LogP contribution >= 0.6 is 0 Å². The average molecular weight is 538 g/mol. The molecule has 10 nitrogen and oxygen atoms in total. The van der Waals surface area contributed by atoms with Crippen molar-refractivity contribution in [3.63, 3.8) is 0 Å². The van der Waals surface area contributed by atoms with Crippen LogP contribution in [0.2, 0.25) is 0 Å². The smallest absolute Gasteiger partial charge is 0.326 e. The molecule has 0 bridgehead atoms. The second-order valence-corrected chi connectivity index (χ2v) is 9.92. The number of likely N-dealkylation sites (tertiary alicyclic amines) is 1. The van der Waals surface area contributed by atoms with Crippen LogP contribution in [0.25, 0.3) is 0 Å². The summed E-state index contributed by atoms with van der Waals surface area (Å²) in [6, 6.07) is 14.9. The third-order valence-electron chi connectivity index (χ3n) is 6.93. The van der Waals surface area contributed by atoms with Gasteiger partial charge in [0.1, 0.15) is 18.1 Å². The molecule has 39 heavy (non-hydrogen) atoms. The number of aliphatic carboxylic acids is 1. The molecule has 1 saturated heterocycles. The molecule has 1 heterocycles. The minimum atomic E-state index is -1.15. The maximum absolute atomic E-state index is 13.4. The highest BCUT2D eigenvalue weighted by Gasteiger charge is 2.38. The summed E-state index contributed by atoms with van der Waals surface area (Å²) in [5.74, 6) is -2.51. The quantitative estimate of drug-likeness (QED) is 0.224. The Morgan fingerprint density at radius 2 is 1.51 bits per heavy atom. The zero-order valence-corrected chi connectivity index (χ0v) is 22.1. The lowest BCUT2D eigenvalue weighted by Gasteiger charge is -2.29. The first-order valence-corrected chi connectivity index (χ1v) is 13.5. The predicted molar refractivity (Wildman–Crippen MR) is 147 cm³/mol. The number of nitrogens with zero attached hydrogens (tertiary/aromatic N) is 1. The van der Waals surface area contributed by atoms with E-state index in [2.05, 4.69) is 10.6 Å². The molecule has 1 fully saturated rings. The van der Waals surface area contributed by atoms with Crippen LogP contribution in [0.4, 0.5) is 0 Å². The number of carboxylic acids is 1. The Hall–Kier alpha value is -3.76. The summed E-state index contributed by atoms with van der Waals surface area (Å²) in [5, 5.41) is 15.0. The highest BCUT2D eigenvalue weighted by molar-refractivity contribution is 5.94. The topological polar surface area (TPSA) is 168 Å². The highest BCUT2D eigenvalue weighted by Crippen LogP contribution is 2.20. The summed E-state index contributed by atoms with van der Waals surface area (Å²) in [5.41, 5.74) is 13.5. The van der Waals surface area contributed by atoms with Crippen LogP contribution in [0, 0.1) is 0 Å². The van der Waals surface area contributed by atoms with Gasteiger partial charge < -0.3 is 32.1 Å². The van der Waals surface area contributed by atoms with Gasteiger partial charge in [0.05, 0.1) is 6.04 Å². The van der Waals surface area contributed by atoms with Gasteiger partial charge in [0.15, 0.2) is 0 Å². The normalized spacial score (nSPS) is 17.2. The molecule has 4 atom stereocenters. The molecule has 0 spiro atoms. The molecular weight excluding hydrogens is 498 g/mol. The summed E-state index contributed by atoms with van der Waals surface area (Å²) in [4.78, 5) is 53.1. The number of carbonyl (C=O) groups is 4. The fraction of sp³-hybridized carbons (Fsp3) is 0.448. The Morgan fingerprint density at radius 1 is 0.897 bits per heavy atom. The summed E-state index contributed by atoms with van der Waals surface area (Å²) in [6.45, 7) is 0.829. The number of carboxylic acid groups (broad SMARTS) is 1. The number of nitrogens with one attached hydrogen (secondary N) is 2. The van der Waals surface area contributed by atoms with Crippen LogP contribution < -0.4 is 22.1 Å². The molecule has 3 rings (SSSR count). The van der Waals surface area contributed by atoms with Crippen LogP contribution in [-0.2, 0) is 32.0 Å². The molecular formula is C29H39N5O5. The van der Waals surface area contributed by atoms with E-state index in [0.717, 1.165) is 11.1 Å². The van der Waals surface area contributed by atoms with Gasteiger partial charge >= 0.3 is 5.97 Å². The van der Waals surface area contributed by atoms with Crippen LogP contribution in [0.3, 0.4) is 0 Å². The maximum atomic E-state index is 13.4. The number of carbonyl (C=O) groups excluding carboxylic acids is 3. The lowest BCUT2D eigenvalue weighted by atomic mass is 10.0. The largest absolute Gasteiger partial charge is 0.480 e. The number of amides is 3. The van der Waals surface area contributed by atoms with Crippen LogP contribution in [0.5, 0.6) is 0 Å². The van der Waals surface area contributed by atoms with Crippen molar-refractivity contribution in [3.05, 3.63) is 71.8 Å². The van der Waals surface area contributed by atoms with Crippen LogP contribution in [0.1, 0.15) is 43.2 Å². The second kappa shape index (κ2) is 15.0. The SMILES string of the molecule is NCCCCC(NC(=O)C(Cc1ccccc1)NC(=O)C1CCCN1C(=O)C(N)Cc1ccccc1)C(=O)O. The molecule has 0 aromatic heterocycles. The predicted octanol–water partition coefficient (Wildman–Crippen LogP) is 0.973. The Balaban J connectivity index is 1.71. The van der Waals surface area contributed by atoms with Crippen molar-refractivity contribution < 1.29 is 24.3 Å². The van der Waals surface area contributed by atoms with Crippen molar-refractivity contribution in [2.45, 2.75) is 69.1 Å². The summed E-state index contributed by atoms with van der Waals surface area (Å²) in [7, 11) is 0. The van der Waals surface area contributed by atoms with E-state index in [4.69, 9.17) is 11.5 Å². The van der Waals surface area contributed by atoms with Gasteiger partial charge in [-0.2, -0.15) is 0 Å². The van der Waals surface area contributed by atoms with Gasteiger partial charge in [-0.3, -0.25) is 14.4 Å². The van der Waals surface area contributed by atoms with E-state index in [1.165, 1.54) is 4.90 Å². The molecule has 3 amide bonds. The molecule has 0 radical (unpaired) electrons. The van der Waals surface area contributed by atoms with Crippen molar-refractivity contribution in [2.24, 2.45) is 11.5 Å². The van der Waals surface area contributed by atoms with E-state index < -0.39 is 42.0 Å². The second-order valence-electron chi connectivity index (χ2n) is 9.92. The first kappa shape index (κ1) is 29.8. The van der Waals surface area contributed by atoms with Crippen LogP contribution in [0.15, 0.2) is 60.7 Å². The lowest BCUT2D eigenvalue weighted by molar-refractivity contribution is -0.143. The molecule has 1 aliphatic rings. The third kappa shape index (κ3) is 8.90. The number of benzene rings is 2. The lowest BCUT2D eigenvalue weighted by Crippen LogP contribution is -2.57. The van der Waals surface area contributed by atoms with E-state index in [0.29, 0.717) is 45.2 Å². The summed E-state index contributed by atoms with van der Waals surface area (Å²) < 4.78 is 0. The molecule has 2 aromatic carbocycles. The van der Waals surface area contributed by atoms with Gasteiger partial charge in [-0.1, -0.05) is 60.7 Å². The van der Waals surface area contributed by atoms with Gasteiger partial charge in [0, 0.05) is 13.0 Å². The van der Waals surface area contributed by atoms with E-state index in [9.17, 15) is 24.3 Å². The fourth-order valence-corrected chi connectivity index (χ4v) is 4.82. The molecule has 10 heteroatoms. The van der Waals surface area contributed by atoms with Gasteiger partial charge in [-0.15, -0.1) is 0 Å². The fourth-order valence-electron chi connectivity index (χ4n) is 4.82.